The van der Waals surface area contributed by atoms with Crippen molar-refractivity contribution in [3.63, 3.8) is 0 Å². The van der Waals surface area contributed by atoms with Gasteiger partial charge < -0.3 is 10.8 Å². The van der Waals surface area contributed by atoms with E-state index >= 15 is 0 Å². The van der Waals surface area contributed by atoms with Gasteiger partial charge in [0.15, 0.2) is 11.6 Å². The summed E-state index contributed by atoms with van der Waals surface area (Å²) in [5, 5.41) is 9.87. The van der Waals surface area contributed by atoms with Crippen LogP contribution < -0.4 is 5.73 Å². The Morgan fingerprint density at radius 3 is 2.41 bits per heavy atom. The molecule has 0 bridgehead atoms. The number of benzene rings is 1. The Kier molecular flexibility index (Phi) is 4.22. The fourth-order valence-corrected chi connectivity index (χ4v) is 1.50. The Morgan fingerprint density at radius 2 is 1.88 bits per heavy atom. The fraction of sp³-hybridized carbons (Fsp3) is 0.538. The molecule has 1 aromatic rings. The molecule has 2 nitrogen and oxygen atoms in total. The van der Waals surface area contributed by atoms with Gasteiger partial charge in [-0.15, -0.1) is 0 Å². The van der Waals surface area contributed by atoms with Gasteiger partial charge in [-0.05, 0) is 17.9 Å². The second kappa shape index (κ2) is 5.10. The third-order valence-electron chi connectivity index (χ3n) is 2.93. The quantitative estimate of drug-likeness (QED) is 0.857. The van der Waals surface area contributed by atoms with Crippen LogP contribution in [-0.2, 0) is 0 Å². The molecule has 96 valence electrons. The number of hydrogen-bond acceptors (Lipinski definition) is 2. The van der Waals surface area contributed by atoms with Gasteiger partial charge >= 0.3 is 0 Å². The van der Waals surface area contributed by atoms with E-state index in [1.54, 1.807) is 0 Å². The van der Waals surface area contributed by atoms with Crippen molar-refractivity contribution >= 4 is 0 Å². The molecule has 0 aliphatic rings. The lowest BCUT2D eigenvalue weighted by atomic mass is 9.83. The molecule has 3 N–H and O–H groups in total. The predicted molar refractivity (Wildman–Crippen MR) is 63.4 cm³/mol. The van der Waals surface area contributed by atoms with Crippen LogP contribution >= 0.6 is 0 Å². The summed E-state index contributed by atoms with van der Waals surface area (Å²) in [7, 11) is 0. The SMILES string of the molecule is CC(C)(C)[C@H](N)C[C@H](O)c1cccc(F)c1F. The van der Waals surface area contributed by atoms with Crippen molar-refractivity contribution in [2.75, 3.05) is 0 Å². The maximum absolute atomic E-state index is 13.4. The monoisotopic (exact) mass is 243 g/mol. The molecule has 0 fully saturated rings. The highest BCUT2D eigenvalue weighted by molar-refractivity contribution is 5.21. The Balaban J connectivity index is 2.84. The van der Waals surface area contributed by atoms with Gasteiger partial charge in [-0.2, -0.15) is 0 Å². The highest BCUT2D eigenvalue weighted by Gasteiger charge is 2.25. The molecule has 1 aromatic carbocycles. The molecule has 1 rings (SSSR count). The van der Waals surface area contributed by atoms with Crippen molar-refractivity contribution in [3.8, 4) is 0 Å². The van der Waals surface area contributed by atoms with Crippen LogP contribution in [0.2, 0.25) is 0 Å². The summed E-state index contributed by atoms with van der Waals surface area (Å²) in [5.74, 6) is -1.95. The molecule has 0 unspecified atom stereocenters. The van der Waals surface area contributed by atoms with Gasteiger partial charge in [0.05, 0.1) is 6.10 Å². The lowest BCUT2D eigenvalue weighted by molar-refractivity contribution is 0.129. The van der Waals surface area contributed by atoms with Crippen LogP contribution in [0, 0.1) is 17.0 Å². The molecule has 0 aliphatic heterocycles. The van der Waals surface area contributed by atoms with E-state index in [0.717, 1.165) is 6.07 Å². The number of hydrogen-bond donors (Lipinski definition) is 2. The van der Waals surface area contributed by atoms with E-state index in [-0.39, 0.29) is 23.4 Å². The van der Waals surface area contributed by atoms with Crippen LogP contribution in [0.5, 0.6) is 0 Å². The Hall–Kier alpha value is -1.00. The highest BCUT2D eigenvalue weighted by atomic mass is 19.2. The topological polar surface area (TPSA) is 46.2 Å². The van der Waals surface area contributed by atoms with Crippen LogP contribution in [0.1, 0.15) is 38.9 Å². The van der Waals surface area contributed by atoms with Gasteiger partial charge in [0.1, 0.15) is 0 Å². The minimum absolute atomic E-state index is 0.0373. The van der Waals surface area contributed by atoms with Crippen LogP contribution in [-0.4, -0.2) is 11.1 Å². The molecule has 0 spiro atoms. The molecule has 0 heterocycles. The van der Waals surface area contributed by atoms with Gasteiger partial charge in [-0.1, -0.05) is 32.9 Å². The Bertz CT molecular complexity index is 387. The largest absolute Gasteiger partial charge is 0.388 e. The first-order valence-corrected chi connectivity index (χ1v) is 5.61. The molecule has 4 heteroatoms. The Labute approximate surface area is 100 Å². The van der Waals surface area contributed by atoms with E-state index in [9.17, 15) is 13.9 Å². The summed E-state index contributed by atoms with van der Waals surface area (Å²) in [4.78, 5) is 0. The lowest BCUT2D eigenvalue weighted by Gasteiger charge is -2.29. The van der Waals surface area contributed by atoms with E-state index in [2.05, 4.69) is 0 Å². The smallest absolute Gasteiger partial charge is 0.164 e. The van der Waals surface area contributed by atoms with Crippen LogP contribution in [0.25, 0.3) is 0 Å². The first-order chi connectivity index (χ1) is 7.73. The summed E-state index contributed by atoms with van der Waals surface area (Å²) < 4.78 is 26.4. The molecule has 0 aromatic heterocycles. The number of nitrogens with two attached hydrogens (primary N) is 1. The van der Waals surface area contributed by atoms with Gasteiger partial charge in [0.25, 0.3) is 0 Å². The van der Waals surface area contributed by atoms with Crippen molar-refractivity contribution < 1.29 is 13.9 Å². The zero-order chi connectivity index (χ0) is 13.2. The third-order valence-corrected chi connectivity index (χ3v) is 2.93. The summed E-state index contributed by atoms with van der Waals surface area (Å²) in [5.41, 5.74) is 5.67. The van der Waals surface area contributed by atoms with E-state index in [1.807, 2.05) is 20.8 Å². The minimum atomic E-state index is -1.08. The van der Waals surface area contributed by atoms with Gasteiger partial charge in [-0.25, -0.2) is 8.78 Å². The molecule has 0 saturated carbocycles. The van der Waals surface area contributed by atoms with Crippen LogP contribution in [0.4, 0.5) is 8.78 Å². The van der Waals surface area contributed by atoms with Crippen LogP contribution in [0.15, 0.2) is 18.2 Å². The highest BCUT2D eigenvalue weighted by Crippen LogP contribution is 2.28. The zero-order valence-electron chi connectivity index (χ0n) is 10.4. The molecule has 0 radical (unpaired) electrons. The maximum Gasteiger partial charge on any atom is 0.164 e. The van der Waals surface area contributed by atoms with Crippen molar-refractivity contribution in [3.05, 3.63) is 35.4 Å². The van der Waals surface area contributed by atoms with Crippen LogP contribution in [0.3, 0.4) is 0 Å². The maximum atomic E-state index is 13.4. The van der Waals surface area contributed by atoms with Crippen molar-refractivity contribution in [2.24, 2.45) is 11.1 Å². The van der Waals surface area contributed by atoms with E-state index in [4.69, 9.17) is 5.73 Å². The van der Waals surface area contributed by atoms with Crippen molar-refractivity contribution in [1.82, 2.24) is 0 Å². The molecule has 17 heavy (non-hydrogen) atoms. The van der Waals surface area contributed by atoms with E-state index in [0.29, 0.717) is 0 Å². The second-order valence-electron chi connectivity index (χ2n) is 5.37. The average molecular weight is 243 g/mol. The van der Waals surface area contributed by atoms with Crippen molar-refractivity contribution in [1.29, 1.82) is 0 Å². The van der Waals surface area contributed by atoms with Gasteiger partial charge in [0.2, 0.25) is 0 Å². The average Bonchev–Trinajstić information content (AvgIpc) is 2.20. The minimum Gasteiger partial charge on any atom is -0.388 e. The first-order valence-electron chi connectivity index (χ1n) is 5.61. The van der Waals surface area contributed by atoms with Gasteiger partial charge in [-0.3, -0.25) is 0 Å². The summed E-state index contributed by atoms with van der Waals surface area (Å²) in [6, 6.07) is 3.48. The zero-order valence-corrected chi connectivity index (χ0v) is 10.4. The second-order valence-corrected chi connectivity index (χ2v) is 5.37. The van der Waals surface area contributed by atoms with Crippen molar-refractivity contribution in [2.45, 2.75) is 39.3 Å². The van der Waals surface area contributed by atoms with E-state index < -0.39 is 17.7 Å². The third kappa shape index (κ3) is 3.48. The Morgan fingerprint density at radius 1 is 1.29 bits per heavy atom. The first kappa shape index (κ1) is 14.1. The van der Waals surface area contributed by atoms with E-state index in [1.165, 1.54) is 12.1 Å². The number of aliphatic hydroxyl groups is 1. The normalized spacial score (nSPS) is 15.7. The molecule has 2 atom stereocenters. The summed E-state index contributed by atoms with van der Waals surface area (Å²) in [6.07, 6.45) is -0.885. The van der Waals surface area contributed by atoms with Gasteiger partial charge in [0, 0.05) is 11.6 Å². The number of rotatable bonds is 3. The predicted octanol–water partition coefficient (Wildman–Crippen LogP) is 2.76. The summed E-state index contributed by atoms with van der Waals surface area (Å²) >= 11 is 0. The lowest BCUT2D eigenvalue weighted by Crippen LogP contribution is -2.36. The molecule has 0 amide bonds. The molecule has 0 saturated heterocycles. The molecule has 0 aliphatic carbocycles. The number of halogens is 2. The molecular formula is C13H19F2NO. The fourth-order valence-electron chi connectivity index (χ4n) is 1.50. The summed E-state index contributed by atoms with van der Waals surface area (Å²) in [6.45, 7) is 5.81. The number of aliphatic hydroxyl groups excluding tert-OH is 1. The standard InChI is InChI=1S/C13H19F2NO/c1-13(2,3)11(16)7-10(17)8-5-4-6-9(14)12(8)15/h4-6,10-11,17H,7,16H2,1-3H3/t10-,11+/m0/s1. The molecular weight excluding hydrogens is 224 g/mol.